The molecule has 1 rings (SSSR count). The first kappa shape index (κ1) is 14.1. The van der Waals surface area contributed by atoms with E-state index in [4.69, 9.17) is 5.11 Å². The summed E-state index contributed by atoms with van der Waals surface area (Å²) in [6.07, 6.45) is -0.376. The Bertz CT molecular complexity index is 407. The van der Waals surface area contributed by atoms with E-state index in [9.17, 15) is 13.6 Å². The highest BCUT2D eigenvalue weighted by atomic mass is 79.9. The molecule has 0 aliphatic rings. The van der Waals surface area contributed by atoms with Crippen LogP contribution in [0.3, 0.4) is 0 Å². The lowest BCUT2D eigenvalue weighted by Crippen LogP contribution is -2.26. The molecule has 0 radical (unpaired) electrons. The Kier molecular flexibility index (Phi) is 4.25. The van der Waals surface area contributed by atoms with Crippen LogP contribution in [0.2, 0.25) is 0 Å². The average Bonchev–Trinajstić information content (AvgIpc) is 2.10. The summed E-state index contributed by atoms with van der Waals surface area (Å²) in [5.74, 6) is -2.51. The van der Waals surface area contributed by atoms with Crippen LogP contribution in [0.25, 0.3) is 0 Å². The average molecular weight is 307 g/mol. The molecule has 5 heteroatoms. The zero-order valence-electron chi connectivity index (χ0n) is 9.51. The largest absolute Gasteiger partial charge is 0.481 e. The van der Waals surface area contributed by atoms with Crippen molar-refractivity contribution in [1.29, 1.82) is 0 Å². The molecule has 0 heterocycles. The molecule has 0 bridgehead atoms. The second-order valence-electron chi connectivity index (χ2n) is 4.42. The zero-order valence-corrected chi connectivity index (χ0v) is 11.1. The van der Waals surface area contributed by atoms with Crippen molar-refractivity contribution in [2.45, 2.75) is 31.9 Å². The van der Waals surface area contributed by atoms with Crippen molar-refractivity contribution in [2.75, 3.05) is 0 Å². The molecule has 17 heavy (non-hydrogen) atoms. The molecular weight excluding hydrogens is 294 g/mol. The molecule has 94 valence electrons. The summed E-state index contributed by atoms with van der Waals surface area (Å²) in [5.41, 5.74) is -1.39. The maximum absolute atomic E-state index is 14.0. The number of hydrogen-bond acceptors (Lipinski definition) is 1. The molecule has 1 atom stereocenters. The summed E-state index contributed by atoms with van der Waals surface area (Å²) in [6, 6.07) is 3.95. The normalized spacial score (nSPS) is 13.5. The van der Waals surface area contributed by atoms with Gasteiger partial charge in [0.2, 0.25) is 0 Å². The summed E-state index contributed by atoms with van der Waals surface area (Å²) in [4.78, 5) is 10.7. The summed E-state index contributed by atoms with van der Waals surface area (Å²) in [6.45, 7) is 2.58. The fourth-order valence-electron chi connectivity index (χ4n) is 1.71. The topological polar surface area (TPSA) is 37.3 Å². The van der Waals surface area contributed by atoms with Crippen LogP contribution in [-0.4, -0.2) is 16.7 Å². The van der Waals surface area contributed by atoms with Crippen LogP contribution in [-0.2, 0) is 4.79 Å². The Balaban J connectivity index is 3.17. The Morgan fingerprint density at radius 3 is 2.47 bits per heavy atom. The van der Waals surface area contributed by atoms with Crippen LogP contribution in [0.1, 0.15) is 31.7 Å². The minimum atomic E-state index is -1.73. The maximum atomic E-state index is 14.0. The van der Waals surface area contributed by atoms with Gasteiger partial charge >= 0.3 is 5.97 Å². The quantitative estimate of drug-likeness (QED) is 0.916. The van der Waals surface area contributed by atoms with Crippen LogP contribution < -0.4 is 0 Å². The molecule has 0 fully saturated rings. The number of halogens is 3. The summed E-state index contributed by atoms with van der Waals surface area (Å²) in [5, 5.41) is 8.78. The van der Waals surface area contributed by atoms with Crippen molar-refractivity contribution in [3.8, 4) is 0 Å². The third-order valence-corrected chi connectivity index (χ3v) is 2.95. The van der Waals surface area contributed by atoms with Gasteiger partial charge in [-0.1, -0.05) is 15.9 Å². The molecule has 0 aliphatic heterocycles. The Hall–Kier alpha value is -0.970. The van der Waals surface area contributed by atoms with Gasteiger partial charge in [-0.2, -0.15) is 0 Å². The number of aliphatic carboxylic acids is 1. The number of carboxylic acid groups (broad SMARTS) is 1. The predicted molar refractivity (Wildman–Crippen MR) is 64.3 cm³/mol. The number of hydrogen-bond donors (Lipinski definition) is 1. The Morgan fingerprint density at radius 1 is 1.47 bits per heavy atom. The van der Waals surface area contributed by atoms with Gasteiger partial charge in [-0.15, -0.1) is 0 Å². The van der Waals surface area contributed by atoms with E-state index < -0.39 is 23.4 Å². The molecule has 0 amide bonds. The van der Waals surface area contributed by atoms with Crippen LogP contribution in [0.5, 0.6) is 0 Å². The van der Waals surface area contributed by atoms with Gasteiger partial charge in [-0.3, -0.25) is 4.79 Å². The van der Waals surface area contributed by atoms with Crippen molar-refractivity contribution >= 4 is 21.9 Å². The Labute approximate surface area is 107 Å². The van der Waals surface area contributed by atoms with Gasteiger partial charge in [-0.05, 0) is 37.6 Å². The maximum Gasteiger partial charge on any atom is 0.304 e. The van der Waals surface area contributed by atoms with Crippen LogP contribution in [0, 0.1) is 5.82 Å². The lowest BCUT2D eigenvalue weighted by molar-refractivity contribution is -0.138. The number of carbonyl (C=O) groups is 1. The van der Waals surface area contributed by atoms with Gasteiger partial charge < -0.3 is 5.11 Å². The smallest absolute Gasteiger partial charge is 0.304 e. The predicted octanol–water partition coefficient (Wildman–Crippen LogP) is 3.89. The van der Waals surface area contributed by atoms with Gasteiger partial charge in [0.15, 0.2) is 0 Å². The van der Waals surface area contributed by atoms with Crippen molar-refractivity contribution in [2.24, 2.45) is 0 Å². The highest BCUT2D eigenvalue weighted by Gasteiger charge is 2.32. The van der Waals surface area contributed by atoms with Crippen molar-refractivity contribution in [1.82, 2.24) is 0 Å². The van der Waals surface area contributed by atoms with E-state index in [2.05, 4.69) is 15.9 Å². The second kappa shape index (κ2) is 5.12. The molecular formula is C12H13BrF2O2. The number of alkyl halides is 1. The van der Waals surface area contributed by atoms with E-state index in [1.165, 1.54) is 32.0 Å². The SMILES string of the molecule is CC(C)(F)[C@@H](CC(=O)O)c1cc(F)cc(Br)c1. The van der Waals surface area contributed by atoms with Gasteiger partial charge in [0.05, 0.1) is 6.42 Å². The fourth-order valence-corrected chi connectivity index (χ4v) is 2.19. The molecule has 2 nitrogen and oxygen atoms in total. The molecule has 0 aliphatic carbocycles. The third-order valence-electron chi connectivity index (χ3n) is 2.49. The van der Waals surface area contributed by atoms with E-state index >= 15 is 0 Å². The van der Waals surface area contributed by atoms with Crippen molar-refractivity contribution in [3.63, 3.8) is 0 Å². The van der Waals surface area contributed by atoms with Crippen LogP contribution >= 0.6 is 15.9 Å². The first-order valence-electron chi connectivity index (χ1n) is 5.07. The first-order chi connectivity index (χ1) is 7.70. The molecule has 1 aromatic rings. The molecule has 0 spiro atoms. The third kappa shape index (κ3) is 4.07. The second-order valence-corrected chi connectivity index (χ2v) is 5.33. The zero-order chi connectivity index (χ0) is 13.2. The number of carboxylic acids is 1. The molecule has 0 aromatic heterocycles. The lowest BCUT2D eigenvalue weighted by atomic mass is 9.83. The van der Waals surface area contributed by atoms with Gasteiger partial charge in [0.25, 0.3) is 0 Å². The van der Waals surface area contributed by atoms with Crippen molar-refractivity contribution in [3.05, 3.63) is 34.1 Å². The van der Waals surface area contributed by atoms with E-state index in [-0.39, 0.29) is 6.42 Å². The monoisotopic (exact) mass is 306 g/mol. The van der Waals surface area contributed by atoms with E-state index in [0.29, 0.717) is 10.0 Å². The number of rotatable bonds is 4. The summed E-state index contributed by atoms with van der Waals surface area (Å²) < 4.78 is 27.6. The van der Waals surface area contributed by atoms with Crippen molar-refractivity contribution < 1.29 is 18.7 Å². The van der Waals surface area contributed by atoms with E-state index in [0.717, 1.165) is 0 Å². The molecule has 1 aromatic carbocycles. The molecule has 1 N–H and O–H groups in total. The van der Waals surface area contributed by atoms with E-state index in [1.54, 1.807) is 0 Å². The van der Waals surface area contributed by atoms with Gasteiger partial charge in [-0.25, -0.2) is 8.78 Å². The standard InChI is InChI=1S/C12H13BrF2O2/c1-12(2,15)10(6-11(16)17)7-3-8(13)5-9(14)4-7/h3-5,10H,6H2,1-2H3,(H,16,17)/t10-/m0/s1. The summed E-state index contributed by atoms with van der Waals surface area (Å²) >= 11 is 3.10. The first-order valence-corrected chi connectivity index (χ1v) is 5.86. The number of benzene rings is 1. The molecule has 0 unspecified atom stereocenters. The van der Waals surface area contributed by atoms with Crippen LogP contribution in [0.15, 0.2) is 22.7 Å². The van der Waals surface area contributed by atoms with E-state index in [1.807, 2.05) is 0 Å². The lowest BCUT2D eigenvalue weighted by Gasteiger charge is -2.26. The minimum Gasteiger partial charge on any atom is -0.481 e. The molecule has 0 saturated heterocycles. The van der Waals surface area contributed by atoms with Gasteiger partial charge in [0, 0.05) is 10.4 Å². The highest BCUT2D eigenvalue weighted by molar-refractivity contribution is 9.10. The summed E-state index contributed by atoms with van der Waals surface area (Å²) in [7, 11) is 0. The minimum absolute atomic E-state index is 0.340. The van der Waals surface area contributed by atoms with Crippen LogP contribution in [0.4, 0.5) is 8.78 Å². The Morgan fingerprint density at radius 2 is 2.06 bits per heavy atom. The van der Waals surface area contributed by atoms with Gasteiger partial charge in [0.1, 0.15) is 11.5 Å². The fraction of sp³-hybridized carbons (Fsp3) is 0.417. The highest BCUT2D eigenvalue weighted by Crippen LogP contribution is 2.35. The molecule has 0 saturated carbocycles.